The fourth-order valence-corrected chi connectivity index (χ4v) is 1.80. The van der Waals surface area contributed by atoms with E-state index >= 15 is 0 Å². The molecule has 16 heavy (non-hydrogen) atoms. The molecule has 0 aliphatic rings. The number of likely N-dealkylation sites (N-methyl/N-ethyl adjacent to an activating group) is 1. The van der Waals surface area contributed by atoms with Crippen LogP contribution in [0.3, 0.4) is 0 Å². The monoisotopic (exact) mass is 239 g/mol. The summed E-state index contributed by atoms with van der Waals surface area (Å²) >= 11 is 5.96. The highest BCUT2D eigenvalue weighted by Gasteiger charge is 2.09. The largest absolute Gasteiger partial charge is 0.317 e. The summed E-state index contributed by atoms with van der Waals surface area (Å²) in [7, 11) is 1.89. The molecule has 0 radical (unpaired) electrons. The molecule has 1 nitrogen and oxygen atoms in total. The Balaban J connectivity index is 2.67. The van der Waals surface area contributed by atoms with Crippen molar-refractivity contribution in [3.63, 3.8) is 0 Å². The van der Waals surface area contributed by atoms with E-state index in [4.69, 9.17) is 18.0 Å². The van der Waals surface area contributed by atoms with Gasteiger partial charge in [0.1, 0.15) is 5.82 Å². The summed E-state index contributed by atoms with van der Waals surface area (Å²) in [5.41, 5.74) is 0.944. The first-order valence-electron chi connectivity index (χ1n) is 5.22. The Kier molecular flexibility index (Phi) is 5.31. The van der Waals surface area contributed by atoms with Gasteiger partial charge < -0.3 is 5.32 Å². The lowest BCUT2D eigenvalue weighted by molar-refractivity contribution is 0.527. The van der Waals surface area contributed by atoms with Crippen LogP contribution in [0.1, 0.15) is 18.4 Å². The standard InChI is InChI=1S/C13H15ClFN/c1-3-4-5-12(16-2)8-10-6-7-11(15)9-13(10)14/h1,6-7,9,12,16H,4-5,8H2,2H3. The van der Waals surface area contributed by atoms with Gasteiger partial charge in [-0.2, -0.15) is 0 Å². The summed E-state index contributed by atoms with van der Waals surface area (Å²) in [4.78, 5) is 0. The highest BCUT2D eigenvalue weighted by atomic mass is 35.5. The van der Waals surface area contributed by atoms with Gasteiger partial charge in [-0.1, -0.05) is 17.7 Å². The fourth-order valence-electron chi connectivity index (χ4n) is 1.56. The second kappa shape index (κ2) is 6.52. The maximum absolute atomic E-state index is 12.8. The van der Waals surface area contributed by atoms with Crippen LogP contribution < -0.4 is 5.32 Å². The molecular weight excluding hydrogens is 225 g/mol. The molecular formula is C13H15ClFN. The Morgan fingerprint density at radius 3 is 2.88 bits per heavy atom. The van der Waals surface area contributed by atoms with E-state index in [2.05, 4.69) is 11.2 Å². The summed E-state index contributed by atoms with van der Waals surface area (Å²) in [6.45, 7) is 0. The van der Waals surface area contributed by atoms with Crippen LogP contribution in [-0.2, 0) is 6.42 Å². The zero-order valence-electron chi connectivity index (χ0n) is 9.26. The number of terminal acetylenes is 1. The minimum absolute atomic E-state index is 0.277. The predicted molar refractivity (Wildman–Crippen MR) is 66.0 cm³/mol. The molecule has 0 bridgehead atoms. The van der Waals surface area contributed by atoms with E-state index in [1.165, 1.54) is 12.1 Å². The van der Waals surface area contributed by atoms with Crippen LogP contribution in [0.2, 0.25) is 5.02 Å². The second-order valence-corrected chi connectivity index (χ2v) is 4.08. The van der Waals surface area contributed by atoms with Crippen molar-refractivity contribution in [2.24, 2.45) is 0 Å². The van der Waals surface area contributed by atoms with Gasteiger partial charge >= 0.3 is 0 Å². The van der Waals surface area contributed by atoms with E-state index in [0.29, 0.717) is 5.02 Å². The molecule has 1 aromatic rings. The first kappa shape index (κ1) is 13.0. The van der Waals surface area contributed by atoms with E-state index in [-0.39, 0.29) is 11.9 Å². The Labute approximate surface area is 101 Å². The van der Waals surface area contributed by atoms with E-state index in [0.717, 1.165) is 24.8 Å². The molecule has 0 aliphatic carbocycles. The highest BCUT2D eigenvalue weighted by molar-refractivity contribution is 6.31. The molecule has 0 aliphatic heterocycles. The van der Waals surface area contributed by atoms with Gasteiger partial charge in [0, 0.05) is 17.5 Å². The summed E-state index contributed by atoms with van der Waals surface area (Å²) in [6.07, 6.45) is 7.60. The van der Waals surface area contributed by atoms with E-state index in [1.807, 2.05) is 7.05 Å². The molecule has 1 unspecified atom stereocenters. The summed E-state index contributed by atoms with van der Waals surface area (Å²) in [6, 6.07) is 4.76. The van der Waals surface area contributed by atoms with E-state index in [9.17, 15) is 4.39 Å². The number of rotatable bonds is 5. The Morgan fingerprint density at radius 1 is 1.56 bits per heavy atom. The van der Waals surface area contributed by atoms with Crippen LogP contribution in [0.5, 0.6) is 0 Å². The third kappa shape index (κ3) is 3.84. The number of hydrogen-bond acceptors (Lipinski definition) is 1. The number of nitrogens with one attached hydrogen (secondary N) is 1. The van der Waals surface area contributed by atoms with Crippen molar-refractivity contribution in [2.75, 3.05) is 7.05 Å². The van der Waals surface area contributed by atoms with Crippen molar-refractivity contribution in [1.82, 2.24) is 5.32 Å². The zero-order chi connectivity index (χ0) is 12.0. The quantitative estimate of drug-likeness (QED) is 0.779. The van der Waals surface area contributed by atoms with Crippen LogP contribution in [0, 0.1) is 18.2 Å². The molecule has 1 aromatic carbocycles. The second-order valence-electron chi connectivity index (χ2n) is 3.67. The third-order valence-electron chi connectivity index (χ3n) is 2.53. The molecule has 1 rings (SSSR count). The predicted octanol–water partition coefficient (Wildman–Crippen LogP) is 3.02. The van der Waals surface area contributed by atoms with Gasteiger partial charge in [0.15, 0.2) is 0 Å². The smallest absolute Gasteiger partial charge is 0.124 e. The zero-order valence-corrected chi connectivity index (χ0v) is 10.0. The first-order chi connectivity index (χ1) is 7.67. The van der Waals surface area contributed by atoms with Crippen molar-refractivity contribution in [2.45, 2.75) is 25.3 Å². The molecule has 0 fully saturated rings. The average Bonchev–Trinajstić information content (AvgIpc) is 2.27. The molecule has 86 valence electrons. The molecule has 3 heteroatoms. The maximum atomic E-state index is 12.8. The van der Waals surface area contributed by atoms with E-state index in [1.54, 1.807) is 6.07 Å². The lowest BCUT2D eigenvalue weighted by atomic mass is 10.0. The third-order valence-corrected chi connectivity index (χ3v) is 2.88. The van der Waals surface area contributed by atoms with Crippen LogP contribution in [0.4, 0.5) is 4.39 Å². The van der Waals surface area contributed by atoms with Gasteiger partial charge in [-0.3, -0.25) is 0 Å². The molecule has 0 amide bonds. The molecule has 0 heterocycles. The van der Waals surface area contributed by atoms with Gasteiger partial charge in [-0.25, -0.2) is 4.39 Å². The molecule has 1 atom stereocenters. The average molecular weight is 240 g/mol. The minimum Gasteiger partial charge on any atom is -0.317 e. The van der Waals surface area contributed by atoms with Crippen LogP contribution in [0.25, 0.3) is 0 Å². The van der Waals surface area contributed by atoms with Crippen molar-refractivity contribution >= 4 is 11.6 Å². The van der Waals surface area contributed by atoms with Crippen molar-refractivity contribution in [1.29, 1.82) is 0 Å². The highest BCUT2D eigenvalue weighted by Crippen LogP contribution is 2.19. The number of halogens is 2. The molecule has 0 saturated carbocycles. The molecule has 0 aromatic heterocycles. The summed E-state index contributed by atoms with van der Waals surface area (Å²) in [5.74, 6) is 2.30. The van der Waals surface area contributed by atoms with Crippen LogP contribution >= 0.6 is 11.6 Å². The van der Waals surface area contributed by atoms with Gasteiger partial charge in [0.2, 0.25) is 0 Å². The van der Waals surface area contributed by atoms with Gasteiger partial charge in [-0.05, 0) is 37.6 Å². The molecule has 1 N–H and O–H groups in total. The molecule has 0 saturated heterocycles. The Hall–Kier alpha value is -1.04. The van der Waals surface area contributed by atoms with Crippen molar-refractivity contribution in [3.05, 3.63) is 34.6 Å². The van der Waals surface area contributed by atoms with Crippen LogP contribution in [-0.4, -0.2) is 13.1 Å². The number of hydrogen-bond donors (Lipinski definition) is 1. The van der Waals surface area contributed by atoms with Crippen molar-refractivity contribution < 1.29 is 4.39 Å². The molecule has 0 spiro atoms. The normalized spacial score (nSPS) is 12.1. The SMILES string of the molecule is C#CCCC(Cc1ccc(F)cc1Cl)NC. The minimum atomic E-state index is -0.307. The maximum Gasteiger partial charge on any atom is 0.124 e. The van der Waals surface area contributed by atoms with Crippen molar-refractivity contribution in [3.8, 4) is 12.3 Å². The summed E-state index contributed by atoms with van der Waals surface area (Å²) < 4.78 is 12.8. The lowest BCUT2D eigenvalue weighted by Crippen LogP contribution is -2.27. The van der Waals surface area contributed by atoms with Gasteiger partial charge in [-0.15, -0.1) is 12.3 Å². The van der Waals surface area contributed by atoms with Gasteiger partial charge in [0.25, 0.3) is 0 Å². The fraction of sp³-hybridized carbons (Fsp3) is 0.385. The van der Waals surface area contributed by atoms with E-state index < -0.39 is 0 Å². The number of benzene rings is 1. The lowest BCUT2D eigenvalue weighted by Gasteiger charge is -2.15. The van der Waals surface area contributed by atoms with Gasteiger partial charge in [0.05, 0.1) is 0 Å². The van der Waals surface area contributed by atoms with Crippen LogP contribution in [0.15, 0.2) is 18.2 Å². The topological polar surface area (TPSA) is 12.0 Å². The Bertz CT molecular complexity index is 384. The summed E-state index contributed by atoms with van der Waals surface area (Å²) in [5, 5.41) is 3.65. The Morgan fingerprint density at radius 2 is 2.31 bits per heavy atom. The first-order valence-corrected chi connectivity index (χ1v) is 5.59.